The molecule has 6 heteroatoms. The average Bonchev–Trinajstić information content (AvgIpc) is 2.91. The van der Waals surface area contributed by atoms with E-state index in [1.807, 2.05) is 53.4 Å². The number of hydrogen-bond acceptors (Lipinski definition) is 4. The van der Waals surface area contributed by atoms with Crippen LogP contribution in [0.15, 0.2) is 78.9 Å². The monoisotopic (exact) mass is 473 g/mol. The van der Waals surface area contributed by atoms with Crippen molar-refractivity contribution < 1.29 is 14.3 Å². The summed E-state index contributed by atoms with van der Waals surface area (Å²) >= 11 is 0. The molecule has 35 heavy (non-hydrogen) atoms. The Labute approximate surface area is 208 Å². The first-order valence-electron chi connectivity index (χ1n) is 12.2. The lowest BCUT2D eigenvalue weighted by Crippen LogP contribution is -2.52. The minimum atomic E-state index is -0.0927. The third-order valence-electron chi connectivity index (χ3n) is 6.41. The lowest BCUT2D eigenvalue weighted by Gasteiger charge is -2.36. The number of hydrogen-bond donors (Lipinski definition) is 1. The van der Waals surface area contributed by atoms with Crippen molar-refractivity contribution in [2.24, 2.45) is 0 Å². The summed E-state index contributed by atoms with van der Waals surface area (Å²) in [7, 11) is 1.68. The van der Waals surface area contributed by atoms with E-state index in [4.69, 9.17) is 9.47 Å². The van der Waals surface area contributed by atoms with E-state index in [0.29, 0.717) is 26.2 Å². The maximum atomic E-state index is 12.6. The van der Waals surface area contributed by atoms with Gasteiger partial charge in [-0.05, 0) is 35.7 Å². The van der Waals surface area contributed by atoms with Crippen LogP contribution in [0.25, 0.3) is 0 Å². The maximum absolute atomic E-state index is 12.6. The van der Waals surface area contributed by atoms with E-state index in [-0.39, 0.29) is 12.1 Å². The highest BCUT2D eigenvalue weighted by Crippen LogP contribution is 2.25. The summed E-state index contributed by atoms with van der Waals surface area (Å²) < 4.78 is 11.9. The van der Waals surface area contributed by atoms with Gasteiger partial charge in [0.2, 0.25) is 0 Å². The van der Waals surface area contributed by atoms with Gasteiger partial charge in [0, 0.05) is 39.3 Å². The van der Waals surface area contributed by atoms with E-state index in [9.17, 15) is 4.79 Å². The van der Waals surface area contributed by atoms with Crippen molar-refractivity contribution in [2.75, 3.05) is 39.8 Å². The van der Waals surface area contributed by atoms with Gasteiger partial charge in [0.15, 0.2) is 0 Å². The summed E-state index contributed by atoms with van der Waals surface area (Å²) in [6.07, 6.45) is -0.0927. The molecule has 1 fully saturated rings. The molecule has 3 aromatic rings. The van der Waals surface area contributed by atoms with Crippen LogP contribution in [0, 0.1) is 6.92 Å². The van der Waals surface area contributed by atoms with Crippen LogP contribution < -0.4 is 10.1 Å². The molecule has 184 valence electrons. The third kappa shape index (κ3) is 7.31. The number of urea groups is 1. The Morgan fingerprint density at radius 1 is 0.914 bits per heavy atom. The topological polar surface area (TPSA) is 54.0 Å². The second kappa shape index (κ2) is 12.4. The highest BCUT2D eigenvalue weighted by atomic mass is 16.5. The molecule has 1 heterocycles. The number of amides is 2. The molecule has 0 saturated carbocycles. The molecule has 1 saturated heterocycles. The largest absolute Gasteiger partial charge is 0.497 e. The van der Waals surface area contributed by atoms with Gasteiger partial charge in [-0.25, -0.2) is 4.79 Å². The summed E-state index contributed by atoms with van der Waals surface area (Å²) in [5, 5.41) is 3.04. The van der Waals surface area contributed by atoms with Gasteiger partial charge in [0.1, 0.15) is 5.75 Å². The molecule has 3 aromatic carbocycles. The first-order valence-corrected chi connectivity index (χ1v) is 12.2. The molecule has 2 amide bonds. The normalized spacial score (nSPS) is 15.0. The van der Waals surface area contributed by atoms with Crippen molar-refractivity contribution in [2.45, 2.75) is 26.2 Å². The number of methoxy groups -OCH3 is 1. The molecule has 4 rings (SSSR count). The fourth-order valence-corrected chi connectivity index (χ4v) is 4.23. The van der Waals surface area contributed by atoms with Gasteiger partial charge in [0.05, 0.1) is 19.8 Å². The predicted molar refractivity (Wildman–Crippen MR) is 138 cm³/mol. The quantitative estimate of drug-likeness (QED) is 0.486. The summed E-state index contributed by atoms with van der Waals surface area (Å²) in [5.41, 5.74) is 4.60. The Hall–Kier alpha value is -3.35. The zero-order valence-electron chi connectivity index (χ0n) is 20.7. The second-order valence-corrected chi connectivity index (χ2v) is 8.99. The highest BCUT2D eigenvalue weighted by molar-refractivity contribution is 5.74. The molecule has 6 nitrogen and oxygen atoms in total. The van der Waals surface area contributed by atoms with Crippen molar-refractivity contribution in [3.8, 4) is 5.75 Å². The van der Waals surface area contributed by atoms with Crippen molar-refractivity contribution in [3.63, 3.8) is 0 Å². The van der Waals surface area contributed by atoms with E-state index in [0.717, 1.165) is 42.1 Å². The minimum absolute atomic E-state index is 0.00605. The lowest BCUT2D eigenvalue weighted by atomic mass is 10.1. The Bertz CT molecular complexity index is 1060. The van der Waals surface area contributed by atoms with Gasteiger partial charge < -0.3 is 19.7 Å². The van der Waals surface area contributed by atoms with Gasteiger partial charge in [0.25, 0.3) is 0 Å². The molecule has 0 radical (unpaired) electrons. The molecule has 0 bridgehead atoms. The van der Waals surface area contributed by atoms with Crippen LogP contribution in [-0.4, -0.2) is 55.7 Å². The zero-order valence-corrected chi connectivity index (χ0v) is 20.7. The van der Waals surface area contributed by atoms with Crippen molar-refractivity contribution in [3.05, 3.63) is 101 Å². The molecular formula is C29H35N3O3. The molecule has 0 aromatic heterocycles. The number of piperazine rings is 1. The molecule has 1 aliphatic rings. The number of benzene rings is 3. The van der Waals surface area contributed by atoms with Gasteiger partial charge in [-0.3, -0.25) is 4.90 Å². The Morgan fingerprint density at radius 3 is 2.37 bits per heavy atom. The van der Waals surface area contributed by atoms with Gasteiger partial charge in [-0.2, -0.15) is 0 Å². The van der Waals surface area contributed by atoms with E-state index < -0.39 is 0 Å². The van der Waals surface area contributed by atoms with Gasteiger partial charge in [-0.1, -0.05) is 72.3 Å². The molecule has 0 aliphatic carbocycles. The van der Waals surface area contributed by atoms with Crippen molar-refractivity contribution in [1.29, 1.82) is 0 Å². The van der Waals surface area contributed by atoms with Crippen LogP contribution >= 0.6 is 0 Å². The van der Waals surface area contributed by atoms with Gasteiger partial charge in [-0.15, -0.1) is 0 Å². The highest BCUT2D eigenvalue weighted by Gasteiger charge is 2.24. The smallest absolute Gasteiger partial charge is 0.317 e. The molecule has 0 spiro atoms. The number of ether oxygens (including phenoxy) is 2. The lowest BCUT2D eigenvalue weighted by molar-refractivity contribution is 0.00546. The van der Waals surface area contributed by atoms with E-state index in [2.05, 4.69) is 47.5 Å². The number of carbonyl (C=O) groups excluding carboxylic acids is 1. The minimum Gasteiger partial charge on any atom is -0.497 e. The Balaban J connectivity index is 1.33. The van der Waals surface area contributed by atoms with Crippen LogP contribution in [0.2, 0.25) is 0 Å². The Kier molecular flexibility index (Phi) is 8.76. The SMILES string of the molecule is COc1cccc(C(CN2CCN(C(=O)NCc3ccccc3)CC2)OCc2ccc(C)cc2)c1. The number of carbonyl (C=O) groups is 1. The second-order valence-electron chi connectivity index (χ2n) is 8.99. The van der Waals surface area contributed by atoms with Crippen LogP contribution in [-0.2, 0) is 17.9 Å². The molecule has 1 aliphatic heterocycles. The summed E-state index contributed by atoms with van der Waals surface area (Å²) in [6.45, 7) is 6.96. The zero-order chi connectivity index (χ0) is 24.5. The third-order valence-corrected chi connectivity index (χ3v) is 6.41. The fraction of sp³-hybridized carbons (Fsp3) is 0.345. The number of nitrogens with zero attached hydrogens (tertiary/aromatic N) is 2. The predicted octanol–water partition coefficient (Wildman–Crippen LogP) is 4.79. The van der Waals surface area contributed by atoms with Crippen molar-refractivity contribution >= 4 is 6.03 Å². The van der Waals surface area contributed by atoms with E-state index in [1.54, 1.807) is 7.11 Å². The molecule has 1 atom stereocenters. The first kappa shape index (κ1) is 24.8. The van der Waals surface area contributed by atoms with E-state index in [1.165, 1.54) is 5.56 Å². The number of aryl methyl sites for hydroxylation is 1. The molecule has 1 unspecified atom stereocenters. The number of rotatable bonds is 9. The van der Waals surface area contributed by atoms with Crippen molar-refractivity contribution in [1.82, 2.24) is 15.1 Å². The van der Waals surface area contributed by atoms with Crippen LogP contribution in [0.5, 0.6) is 5.75 Å². The van der Waals surface area contributed by atoms with Crippen LogP contribution in [0.4, 0.5) is 4.79 Å². The van der Waals surface area contributed by atoms with Gasteiger partial charge >= 0.3 is 6.03 Å². The van der Waals surface area contributed by atoms with E-state index >= 15 is 0 Å². The van der Waals surface area contributed by atoms with Crippen LogP contribution in [0.3, 0.4) is 0 Å². The summed E-state index contributed by atoms with van der Waals surface area (Å²) in [5.74, 6) is 0.825. The van der Waals surface area contributed by atoms with Crippen LogP contribution in [0.1, 0.15) is 28.4 Å². The Morgan fingerprint density at radius 2 is 1.66 bits per heavy atom. The number of nitrogens with one attached hydrogen (secondary N) is 1. The maximum Gasteiger partial charge on any atom is 0.317 e. The molecule has 1 N–H and O–H groups in total. The fourth-order valence-electron chi connectivity index (χ4n) is 4.23. The first-order chi connectivity index (χ1) is 17.1. The summed E-state index contributed by atoms with van der Waals surface area (Å²) in [4.78, 5) is 16.9. The standard InChI is InChI=1S/C29H35N3O3/c1-23-11-13-25(14-12-23)22-35-28(26-9-6-10-27(19-26)34-2)21-31-15-17-32(18-16-31)29(33)30-20-24-7-4-3-5-8-24/h3-14,19,28H,15-18,20-22H2,1-2H3,(H,30,33). The molecular weight excluding hydrogens is 438 g/mol. The average molecular weight is 474 g/mol. The summed E-state index contributed by atoms with van der Waals surface area (Å²) in [6, 6.07) is 26.5.